The lowest BCUT2D eigenvalue weighted by molar-refractivity contribution is -0.147. The molecule has 4 heterocycles. The lowest BCUT2D eigenvalue weighted by Crippen LogP contribution is -2.63. The van der Waals surface area contributed by atoms with Crippen molar-refractivity contribution in [1.82, 2.24) is 29.8 Å². The minimum atomic E-state index is -0.676. The molecule has 4 aliphatic heterocycles. The number of likely N-dealkylation sites (N-methyl/N-ethyl adjacent to an activating group) is 2. The average Bonchev–Trinajstić information content (AvgIpc) is 3.33. The molecule has 0 bridgehead atoms. The second-order valence-corrected chi connectivity index (χ2v) is 22.4. The van der Waals surface area contributed by atoms with Crippen molar-refractivity contribution in [3.63, 3.8) is 0 Å². The summed E-state index contributed by atoms with van der Waals surface area (Å²) in [4.78, 5) is 64.0. The van der Waals surface area contributed by atoms with Crippen LogP contribution in [0.4, 0.5) is 11.4 Å². The number of amides is 3. The van der Waals surface area contributed by atoms with Gasteiger partial charge in [0, 0.05) is 105 Å². The van der Waals surface area contributed by atoms with E-state index in [-0.39, 0.29) is 29.6 Å². The second kappa shape index (κ2) is 24.8. The van der Waals surface area contributed by atoms with Crippen molar-refractivity contribution in [2.45, 2.75) is 99.2 Å². The molecule has 0 atom stereocenters. The van der Waals surface area contributed by atoms with Crippen molar-refractivity contribution < 1.29 is 24.3 Å². The van der Waals surface area contributed by atoms with Crippen LogP contribution >= 0.6 is 35.6 Å². The van der Waals surface area contributed by atoms with Crippen LogP contribution < -0.4 is 15.1 Å². The summed E-state index contributed by atoms with van der Waals surface area (Å²) in [5.74, 6) is -0.478. The fourth-order valence-corrected chi connectivity index (χ4v) is 12.0. The maximum absolute atomic E-state index is 13.6. The number of nitrogens with zero attached hydrogens (tertiary/aromatic N) is 7. The molecule has 6 aliphatic rings. The Morgan fingerprint density at radius 2 is 0.959 bits per heavy atom. The molecule has 4 saturated heterocycles. The van der Waals surface area contributed by atoms with Crippen molar-refractivity contribution in [3.05, 3.63) is 129 Å². The lowest BCUT2D eigenvalue weighted by atomic mass is 9.63. The number of carboxylic acid groups (broad SMARTS) is 1. The predicted octanol–water partition coefficient (Wildman–Crippen LogP) is 8.80. The highest BCUT2D eigenvalue weighted by atomic mass is 35.5. The van der Waals surface area contributed by atoms with Crippen molar-refractivity contribution in [2.24, 2.45) is 0 Å². The van der Waals surface area contributed by atoms with Gasteiger partial charge in [-0.1, -0.05) is 96.7 Å². The van der Waals surface area contributed by atoms with Gasteiger partial charge in [-0.15, -0.1) is 12.4 Å². The fourth-order valence-electron chi connectivity index (χ4n) is 11.5. The van der Waals surface area contributed by atoms with Crippen LogP contribution in [-0.2, 0) is 20.4 Å². The monoisotopic (exact) mass is 1070 g/mol. The number of piperidine rings is 2. The van der Waals surface area contributed by atoms with Crippen molar-refractivity contribution in [1.29, 1.82) is 0 Å². The number of carbonyl (C=O) groups is 4. The first-order valence-electron chi connectivity index (χ1n) is 26.3. The molecule has 2 N–H and O–H groups in total. The van der Waals surface area contributed by atoms with Gasteiger partial charge in [0.1, 0.15) is 0 Å². The molecule has 4 aromatic rings. The van der Waals surface area contributed by atoms with E-state index in [4.69, 9.17) is 28.3 Å². The number of anilines is 2. The van der Waals surface area contributed by atoms with Crippen molar-refractivity contribution in [2.75, 3.05) is 104 Å². The number of likely N-dealkylation sites (tertiary alicyclic amines) is 3. The molecule has 10 rings (SSSR count). The first-order chi connectivity index (χ1) is 35.0. The maximum Gasteiger partial charge on any atom is 0.314 e. The van der Waals surface area contributed by atoms with Crippen LogP contribution in [0.3, 0.4) is 0 Å². The van der Waals surface area contributed by atoms with Gasteiger partial charge in [-0.25, -0.2) is 0 Å². The third kappa shape index (κ3) is 12.2. The maximum atomic E-state index is 13.6. The van der Waals surface area contributed by atoms with E-state index in [9.17, 15) is 19.2 Å². The zero-order valence-corrected chi connectivity index (χ0v) is 46.5. The molecular formula is C58H77Cl3N8O5. The SMILES string of the molecule is CN(C)C(=O)c1ccc(N(C)C2CN(C3CCN(C(=O)C4(c5ccccc5)CCC4)CC3)C2)cc1Cl.CN(C)C(=O)c1ccc(N(C)C2CN(C3CCNCC3)C2)cc1Cl.Cl.O=C(O)C1(c2ccccc2)CCC1. The quantitative estimate of drug-likeness (QED) is 0.142. The Balaban J connectivity index is 0.000000180. The smallest absolute Gasteiger partial charge is 0.314 e. The molecule has 4 aromatic carbocycles. The number of hydrogen-bond acceptors (Lipinski definition) is 9. The summed E-state index contributed by atoms with van der Waals surface area (Å²) in [7, 11) is 11.2. The molecule has 0 spiro atoms. The first kappa shape index (κ1) is 56.8. The minimum Gasteiger partial charge on any atom is -0.481 e. The topological polar surface area (TPSA) is 123 Å². The number of rotatable bonds is 12. The molecule has 6 fully saturated rings. The number of hydrogen-bond donors (Lipinski definition) is 2. The van der Waals surface area contributed by atoms with E-state index in [1.165, 1.54) is 18.4 Å². The van der Waals surface area contributed by atoms with Gasteiger partial charge in [0.15, 0.2) is 0 Å². The highest BCUT2D eigenvalue weighted by Gasteiger charge is 2.49. The van der Waals surface area contributed by atoms with Gasteiger partial charge in [0.05, 0.1) is 44.1 Å². The van der Waals surface area contributed by atoms with Crippen LogP contribution in [0, 0.1) is 0 Å². The number of aliphatic carboxylic acids is 1. The molecule has 2 saturated carbocycles. The van der Waals surface area contributed by atoms with E-state index >= 15 is 0 Å². The zero-order valence-electron chi connectivity index (χ0n) is 44.1. The Kier molecular flexibility index (Phi) is 19.1. The van der Waals surface area contributed by atoms with Crippen LogP contribution in [-0.4, -0.2) is 172 Å². The Labute approximate surface area is 455 Å². The Hall–Kier alpha value is -4.89. The minimum absolute atomic E-state index is 0. The molecule has 74 heavy (non-hydrogen) atoms. The number of nitrogens with one attached hydrogen (secondary N) is 1. The van der Waals surface area contributed by atoms with E-state index < -0.39 is 11.4 Å². The van der Waals surface area contributed by atoms with Crippen LogP contribution in [0.2, 0.25) is 10.0 Å². The Bertz CT molecular complexity index is 2540. The predicted molar refractivity (Wildman–Crippen MR) is 301 cm³/mol. The summed E-state index contributed by atoms with van der Waals surface area (Å²) >= 11 is 12.8. The molecule has 0 radical (unpaired) electrons. The molecule has 0 aromatic heterocycles. The fraction of sp³-hybridized carbons (Fsp3) is 0.517. The molecule has 16 heteroatoms. The number of halogens is 3. The van der Waals surface area contributed by atoms with Gasteiger partial charge in [0.2, 0.25) is 5.91 Å². The van der Waals surface area contributed by atoms with Crippen LogP contribution in [0.5, 0.6) is 0 Å². The molecule has 0 unspecified atom stereocenters. The molecule has 13 nitrogen and oxygen atoms in total. The third-order valence-corrected chi connectivity index (χ3v) is 17.5. The van der Waals surface area contributed by atoms with Gasteiger partial charge in [0.25, 0.3) is 11.8 Å². The summed E-state index contributed by atoms with van der Waals surface area (Å²) < 4.78 is 0. The van der Waals surface area contributed by atoms with E-state index in [0.717, 1.165) is 127 Å². The summed E-state index contributed by atoms with van der Waals surface area (Å²) in [6, 6.07) is 33.6. The highest BCUT2D eigenvalue weighted by molar-refractivity contribution is 6.34. The van der Waals surface area contributed by atoms with E-state index in [1.807, 2.05) is 72.8 Å². The van der Waals surface area contributed by atoms with Crippen molar-refractivity contribution in [3.8, 4) is 0 Å². The standard InChI is InChI=1S/C29H37ClN4O2.C18H27ClN4O.C11H12O2.ClH/c1-31(2)27(35)25-11-10-23(18-26(25)30)32(3)24-19-34(20-24)22-12-16-33(17-13-22)28(36)29(14-7-15-29)21-8-5-4-6-9-21;1-21(2)18(24)16-5-4-14(10-17(16)19)22(3)15-11-23(12-15)13-6-8-20-9-7-13;12-10(13)11(7-4-8-11)9-5-2-1-3-6-9;/h4-6,8-11,18,22,24H,7,12-17,19-20H2,1-3H3;4-5,10,13,15,20H,6-9,11-12H2,1-3H3;1-3,5-6H,4,7-8H2,(H,12,13);1H. The Morgan fingerprint density at radius 1 is 0.568 bits per heavy atom. The molecule has 2 aliphatic carbocycles. The van der Waals surface area contributed by atoms with Gasteiger partial charge in [-0.3, -0.25) is 29.0 Å². The van der Waals surface area contributed by atoms with Gasteiger partial charge >= 0.3 is 5.97 Å². The average molecular weight is 1070 g/mol. The van der Waals surface area contributed by atoms with Crippen LogP contribution in [0.25, 0.3) is 0 Å². The molecule has 3 amide bonds. The first-order valence-corrected chi connectivity index (χ1v) is 27.1. The van der Waals surface area contributed by atoms with E-state index in [2.05, 4.69) is 68.2 Å². The summed E-state index contributed by atoms with van der Waals surface area (Å²) in [5.41, 5.74) is 4.49. The van der Waals surface area contributed by atoms with Crippen molar-refractivity contribution >= 4 is 70.7 Å². The van der Waals surface area contributed by atoms with Gasteiger partial charge in [-0.2, -0.15) is 0 Å². The zero-order chi connectivity index (χ0) is 52.0. The van der Waals surface area contributed by atoms with E-state index in [0.29, 0.717) is 45.2 Å². The normalized spacial score (nSPS) is 19.7. The van der Waals surface area contributed by atoms with Gasteiger partial charge in [-0.05, 0) is 112 Å². The van der Waals surface area contributed by atoms with E-state index in [1.54, 1.807) is 38.0 Å². The number of carbonyl (C=O) groups excluding carboxylic acids is 3. The summed E-state index contributed by atoms with van der Waals surface area (Å²) in [6.45, 7) is 8.22. The largest absolute Gasteiger partial charge is 0.481 e. The van der Waals surface area contributed by atoms with Gasteiger partial charge < -0.3 is 34.9 Å². The van der Waals surface area contributed by atoms with Crippen LogP contribution in [0.1, 0.15) is 96.1 Å². The summed E-state index contributed by atoms with van der Waals surface area (Å²) in [5, 5.41) is 13.6. The second-order valence-electron chi connectivity index (χ2n) is 21.6. The lowest BCUT2D eigenvalue weighted by Gasteiger charge is -2.51. The summed E-state index contributed by atoms with van der Waals surface area (Å²) in [6.07, 6.45) is 10.3. The molecular weight excluding hydrogens is 995 g/mol. The van der Waals surface area contributed by atoms with Crippen LogP contribution in [0.15, 0.2) is 97.1 Å². The Morgan fingerprint density at radius 3 is 1.31 bits per heavy atom. The third-order valence-electron chi connectivity index (χ3n) is 16.8. The number of benzene rings is 4. The highest BCUT2D eigenvalue weighted by Crippen LogP contribution is 2.46. The number of carboxylic acids is 1. The molecule has 400 valence electrons.